The molecule has 0 aromatic heterocycles. The summed E-state index contributed by atoms with van der Waals surface area (Å²) in [4.78, 5) is 2.40. The highest BCUT2D eigenvalue weighted by atomic mass is 15.1. The Morgan fingerprint density at radius 1 is 1.07 bits per heavy atom. The predicted molar refractivity (Wildman–Crippen MR) is 63.2 cm³/mol. The van der Waals surface area contributed by atoms with Crippen molar-refractivity contribution in [2.24, 2.45) is 0 Å². The van der Waals surface area contributed by atoms with Crippen LogP contribution in [0.2, 0.25) is 0 Å². The van der Waals surface area contributed by atoms with E-state index in [1.807, 2.05) is 0 Å². The molecule has 2 aliphatic heterocycles. The molecule has 2 nitrogen and oxygen atoms in total. The van der Waals surface area contributed by atoms with Gasteiger partial charge in [-0.25, -0.2) is 0 Å². The molecule has 3 rings (SSSR count). The van der Waals surface area contributed by atoms with Crippen molar-refractivity contribution >= 4 is 5.69 Å². The minimum Gasteiger partial charge on any atom is -0.364 e. The van der Waals surface area contributed by atoms with E-state index in [2.05, 4.69) is 40.6 Å². The van der Waals surface area contributed by atoms with Crippen LogP contribution in [0.4, 0.5) is 5.69 Å². The molecule has 0 radical (unpaired) electrons. The second-order valence-electron chi connectivity index (χ2n) is 4.26. The second kappa shape index (κ2) is 3.70. The van der Waals surface area contributed by atoms with Gasteiger partial charge in [0.15, 0.2) is 0 Å². The summed E-state index contributed by atoms with van der Waals surface area (Å²) in [6.07, 6.45) is 5.64. The summed E-state index contributed by atoms with van der Waals surface area (Å²) >= 11 is 0. The Bertz CT molecular complexity index is 388. The van der Waals surface area contributed by atoms with Crippen LogP contribution in [0.3, 0.4) is 0 Å². The molecule has 1 aromatic carbocycles. The topological polar surface area (TPSA) is 15.3 Å². The zero-order valence-corrected chi connectivity index (χ0v) is 8.87. The number of benzene rings is 1. The highest BCUT2D eigenvalue weighted by Gasteiger charge is 2.12. The molecule has 0 bridgehead atoms. The lowest BCUT2D eigenvalue weighted by Crippen LogP contribution is -2.25. The lowest BCUT2D eigenvalue weighted by atomic mass is 10.0. The first-order valence-electron chi connectivity index (χ1n) is 5.66. The Morgan fingerprint density at radius 2 is 1.93 bits per heavy atom. The maximum atomic E-state index is 3.42. The predicted octanol–water partition coefficient (Wildman–Crippen LogP) is 1.71. The lowest BCUT2D eigenvalue weighted by Gasteiger charge is -2.22. The summed E-state index contributed by atoms with van der Waals surface area (Å²) in [7, 11) is 0. The van der Waals surface area contributed by atoms with Crippen LogP contribution < -0.4 is 10.2 Å². The van der Waals surface area contributed by atoms with Crippen LogP contribution >= 0.6 is 0 Å². The fraction of sp³-hybridized carbons (Fsp3) is 0.385. The zero-order chi connectivity index (χ0) is 10.1. The van der Waals surface area contributed by atoms with Crippen LogP contribution in [0.25, 0.3) is 0 Å². The minimum atomic E-state index is 1.03. The van der Waals surface area contributed by atoms with Crippen LogP contribution in [0, 0.1) is 0 Å². The molecule has 2 heteroatoms. The molecular weight excluding hydrogens is 184 g/mol. The molecule has 15 heavy (non-hydrogen) atoms. The van der Waals surface area contributed by atoms with Gasteiger partial charge >= 0.3 is 0 Å². The van der Waals surface area contributed by atoms with E-state index < -0.39 is 0 Å². The molecule has 0 atom stereocenters. The smallest absolute Gasteiger partial charge is 0.0375 e. The SMILES string of the molecule is C1=CCN(c2ccc3c(c2)CNCC3)C1. The molecule has 1 aromatic rings. The normalized spacial score (nSPS) is 19.3. The Morgan fingerprint density at radius 3 is 2.80 bits per heavy atom. The van der Waals surface area contributed by atoms with Crippen LogP contribution in [0.15, 0.2) is 30.4 Å². The van der Waals surface area contributed by atoms with Crippen molar-refractivity contribution in [3.63, 3.8) is 0 Å². The monoisotopic (exact) mass is 200 g/mol. The fourth-order valence-corrected chi connectivity index (χ4v) is 2.35. The second-order valence-corrected chi connectivity index (χ2v) is 4.26. The first-order valence-corrected chi connectivity index (χ1v) is 5.66. The minimum absolute atomic E-state index is 1.03. The van der Waals surface area contributed by atoms with Crippen molar-refractivity contribution < 1.29 is 0 Å². The first kappa shape index (κ1) is 8.98. The molecular formula is C13H16N2. The van der Waals surface area contributed by atoms with E-state index >= 15 is 0 Å². The van der Waals surface area contributed by atoms with E-state index in [9.17, 15) is 0 Å². The van der Waals surface area contributed by atoms with Gasteiger partial charge in [-0.3, -0.25) is 0 Å². The van der Waals surface area contributed by atoms with E-state index in [1.165, 1.54) is 23.2 Å². The number of hydrogen-bond donors (Lipinski definition) is 1. The number of rotatable bonds is 1. The average Bonchev–Trinajstić information content (AvgIpc) is 2.82. The summed E-state index contributed by atoms with van der Waals surface area (Å²) in [5.74, 6) is 0. The van der Waals surface area contributed by atoms with E-state index in [1.54, 1.807) is 0 Å². The molecule has 0 amide bonds. The van der Waals surface area contributed by atoms with Gasteiger partial charge in [0.1, 0.15) is 0 Å². The van der Waals surface area contributed by atoms with Gasteiger partial charge in [-0.1, -0.05) is 18.2 Å². The van der Waals surface area contributed by atoms with E-state index in [0.717, 1.165) is 26.2 Å². The first-order chi connectivity index (χ1) is 7.43. The molecule has 0 fully saturated rings. The average molecular weight is 200 g/mol. The summed E-state index contributed by atoms with van der Waals surface area (Å²) in [6, 6.07) is 6.90. The lowest BCUT2D eigenvalue weighted by molar-refractivity contribution is 0.643. The van der Waals surface area contributed by atoms with Crippen LogP contribution in [0.1, 0.15) is 11.1 Å². The third-order valence-electron chi connectivity index (χ3n) is 3.26. The summed E-state index contributed by atoms with van der Waals surface area (Å²) in [5, 5.41) is 3.42. The quantitative estimate of drug-likeness (QED) is 0.694. The number of anilines is 1. The number of nitrogens with one attached hydrogen (secondary N) is 1. The highest BCUT2D eigenvalue weighted by molar-refractivity contribution is 5.53. The Balaban J connectivity index is 1.90. The number of fused-ring (bicyclic) bond motifs is 1. The summed E-state index contributed by atoms with van der Waals surface area (Å²) < 4.78 is 0. The fourth-order valence-electron chi connectivity index (χ4n) is 2.35. The molecule has 2 aliphatic rings. The summed E-state index contributed by atoms with van der Waals surface area (Å²) in [5.41, 5.74) is 4.36. The van der Waals surface area contributed by atoms with Crippen molar-refractivity contribution in [1.82, 2.24) is 5.32 Å². The van der Waals surface area contributed by atoms with Gasteiger partial charge in [-0.05, 0) is 36.2 Å². The standard InChI is InChI=1S/C13H16N2/c1-2-8-15(7-1)13-4-3-11-5-6-14-10-12(11)9-13/h1-4,9,14H,5-8,10H2. The van der Waals surface area contributed by atoms with Crippen molar-refractivity contribution in [2.45, 2.75) is 13.0 Å². The highest BCUT2D eigenvalue weighted by Crippen LogP contribution is 2.23. The van der Waals surface area contributed by atoms with Crippen molar-refractivity contribution in [3.05, 3.63) is 41.5 Å². The molecule has 2 heterocycles. The Kier molecular flexibility index (Phi) is 2.22. The Hall–Kier alpha value is -1.28. The molecule has 0 unspecified atom stereocenters. The van der Waals surface area contributed by atoms with Gasteiger partial charge in [0.2, 0.25) is 0 Å². The van der Waals surface area contributed by atoms with Gasteiger partial charge in [0.25, 0.3) is 0 Å². The van der Waals surface area contributed by atoms with Gasteiger partial charge in [-0.15, -0.1) is 0 Å². The van der Waals surface area contributed by atoms with Gasteiger partial charge < -0.3 is 10.2 Å². The van der Waals surface area contributed by atoms with Gasteiger partial charge in [0, 0.05) is 25.3 Å². The number of hydrogen-bond acceptors (Lipinski definition) is 2. The van der Waals surface area contributed by atoms with Crippen LogP contribution in [-0.4, -0.2) is 19.6 Å². The molecule has 1 N–H and O–H groups in total. The summed E-state index contributed by atoms with van der Waals surface area (Å²) in [6.45, 7) is 4.28. The third kappa shape index (κ3) is 1.65. The van der Waals surface area contributed by atoms with Gasteiger partial charge in [-0.2, -0.15) is 0 Å². The van der Waals surface area contributed by atoms with E-state index in [0.29, 0.717) is 0 Å². The Labute approximate surface area is 90.6 Å². The largest absolute Gasteiger partial charge is 0.364 e. The maximum absolute atomic E-state index is 3.42. The zero-order valence-electron chi connectivity index (χ0n) is 8.87. The molecule has 0 aliphatic carbocycles. The molecule has 0 saturated carbocycles. The maximum Gasteiger partial charge on any atom is 0.0375 e. The van der Waals surface area contributed by atoms with Crippen molar-refractivity contribution in [2.75, 3.05) is 24.5 Å². The van der Waals surface area contributed by atoms with Gasteiger partial charge in [0.05, 0.1) is 0 Å². The van der Waals surface area contributed by atoms with Crippen molar-refractivity contribution in [1.29, 1.82) is 0 Å². The van der Waals surface area contributed by atoms with E-state index in [4.69, 9.17) is 0 Å². The molecule has 0 spiro atoms. The molecule has 0 saturated heterocycles. The van der Waals surface area contributed by atoms with Crippen molar-refractivity contribution in [3.8, 4) is 0 Å². The molecule has 78 valence electrons. The van der Waals surface area contributed by atoms with E-state index in [-0.39, 0.29) is 0 Å². The third-order valence-corrected chi connectivity index (χ3v) is 3.26. The van der Waals surface area contributed by atoms with Crippen LogP contribution in [-0.2, 0) is 13.0 Å². The number of nitrogens with zero attached hydrogens (tertiary/aromatic N) is 1. The van der Waals surface area contributed by atoms with Crippen LogP contribution in [0.5, 0.6) is 0 Å².